The smallest absolute Gasteiger partial charge is 0.446 e. The standard InChI is InChI=1S/C9H9F3O2S/c1-13-6-14-7-3-2-4-8(5-7)15-9(10,11)12/h2-5H,6H2,1H3. The second kappa shape index (κ2) is 5.27. The Labute approximate surface area is 89.4 Å². The highest BCUT2D eigenvalue weighted by molar-refractivity contribution is 8.00. The Hall–Kier alpha value is -0.880. The van der Waals surface area contributed by atoms with Crippen LogP contribution in [0.25, 0.3) is 0 Å². The van der Waals surface area contributed by atoms with E-state index in [1.54, 1.807) is 6.07 Å². The highest BCUT2D eigenvalue weighted by Crippen LogP contribution is 2.37. The average Bonchev–Trinajstić information content (AvgIpc) is 2.12. The van der Waals surface area contributed by atoms with Crippen LogP contribution in [0.3, 0.4) is 0 Å². The lowest BCUT2D eigenvalue weighted by molar-refractivity contribution is -0.0328. The Morgan fingerprint density at radius 2 is 2.07 bits per heavy atom. The van der Waals surface area contributed by atoms with Crippen LogP contribution >= 0.6 is 11.8 Å². The van der Waals surface area contributed by atoms with E-state index in [2.05, 4.69) is 4.74 Å². The third kappa shape index (κ3) is 4.94. The molecule has 1 rings (SSSR count). The van der Waals surface area contributed by atoms with Crippen LogP contribution in [-0.2, 0) is 4.74 Å². The van der Waals surface area contributed by atoms with Gasteiger partial charge in [-0.1, -0.05) is 6.07 Å². The Bertz CT molecular complexity index is 314. The summed E-state index contributed by atoms with van der Waals surface area (Å²) in [5, 5.41) is 0. The van der Waals surface area contributed by atoms with E-state index in [-0.39, 0.29) is 23.5 Å². The molecule has 0 unspecified atom stereocenters. The molecule has 1 aromatic rings. The van der Waals surface area contributed by atoms with Crippen LogP contribution in [0.15, 0.2) is 29.2 Å². The van der Waals surface area contributed by atoms with Crippen molar-refractivity contribution in [1.82, 2.24) is 0 Å². The molecule has 0 aliphatic carbocycles. The van der Waals surface area contributed by atoms with Gasteiger partial charge in [0.05, 0.1) is 0 Å². The summed E-state index contributed by atoms with van der Waals surface area (Å²) in [7, 11) is 1.44. The highest BCUT2D eigenvalue weighted by Gasteiger charge is 2.29. The van der Waals surface area contributed by atoms with Crippen LogP contribution in [0.5, 0.6) is 5.75 Å². The second-order valence-electron chi connectivity index (χ2n) is 2.57. The molecule has 0 aliphatic heterocycles. The predicted molar refractivity (Wildman–Crippen MR) is 50.9 cm³/mol. The van der Waals surface area contributed by atoms with Crippen molar-refractivity contribution in [2.45, 2.75) is 10.4 Å². The summed E-state index contributed by atoms with van der Waals surface area (Å²) in [4.78, 5) is 0.0936. The number of benzene rings is 1. The van der Waals surface area contributed by atoms with Gasteiger partial charge in [0.15, 0.2) is 6.79 Å². The largest absolute Gasteiger partial charge is 0.468 e. The molecule has 0 bridgehead atoms. The van der Waals surface area contributed by atoms with E-state index in [9.17, 15) is 13.2 Å². The highest BCUT2D eigenvalue weighted by atomic mass is 32.2. The van der Waals surface area contributed by atoms with Gasteiger partial charge in [-0.25, -0.2) is 0 Å². The van der Waals surface area contributed by atoms with Crippen molar-refractivity contribution in [3.05, 3.63) is 24.3 Å². The molecule has 6 heteroatoms. The first-order chi connectivity index (χ1) is 7.01. The maximum atomic E-state index is 12.0. The zero-order valence-electron chi connectivity index (χ0n) is 7.88. The lowest BCUT2D eigenvalue weighted by Crippen LogP contribution is -2.00. The quantitative estimate of drug-likeness (QED) is 0.592. The fraction of sp³-hybridized carbons (Fsp3) is 0.333. The monoisotopic (exact) mass is 238 g/mol. The molecule has 84 valence electrons. The summed E-state index contributed by atoms with van der Waals surface area (Å²) in [6, 6.07) is 5.76. The van der Waals surface area contributed by atoms with Gasteiger partial charge in [-0.05, 0) is 30.0 Å². The van der Waals surface area contributed by atoms with Gasteiger partial charge in [0.2, 0.25) is 0 Å². The second-order valence-corrected chi connectivity index (χ2v) is 3.71. The Kier molecular flexibility index (Phi) is 4.28. The van der Waals surface area contributed by atoms with E-state index in [1.807, 2.05) is 0 Å². The van der Waals surface area contributed by atoms with Crippen LogP contribution in [0.4, 0.5) is 13.2 Å². The molecule has 2 nitrogen and oxygen atoms in total. The van der Waals surface area contributed by atoms with Crippen molar-refractivity contribution >= 4 is 11.8 Å². The summed E-state index contributed by atoms with van der Waals surface area (Å²) in [5.41, 5.74) is -4.28. The van der Waals surface area contributed by atoms with Gasteiger partial charge in [-0.3, -0.25) is 0 Å². The molecule has 0 aromatic heterocycles. The minimum atomic E-state index is -4.28. The first-order valence-corrected chi connectivity index (χ1v) is 4.80. The van der Waals surface area contributed by atoms with Crippen LogP contribution in [-0.4, -0.2) is 19.4 Å². The molecule has 15 heavy (non-hydrogen) atoms. The summed E-state index contributed by atoms with van der Waals surface area (Å²) >= 11 is -0.172. The minimum Gasteiger partial charge on any atom is -0.468 e. The molecule has 0 radical (unpaired) electrons. The molecular weight excluding hydrogens is 229 g/mol. The van der Waals surface area contributed by atoms with Crippen molar-refractivity contribution in [2.24, 2.45) is 0 Å². The molecule has 0 amide bonds. The van der Waals surface area contributed by atoms with E-state index in [4.69, 9.17) is 4.74 Å². The lowest BCUT2D eigenvalue weighted by atomic mass is 10.3. The zero-order valence-corrected chi connectivity index (χ0v) is 8.69. The van der Waals surface area contributed by atoms with Crippen LogP contribution in [0.2, 0.25) is 0 Å². The van der Waals surface area contributed by atoms with Crippen LogP contribution in [0.1, 0.15) is 0 Å². The molecular formula is C9H9F3O2S. The Balaban J connectivity index is 2.66. The molecule has 0 spiro atoms. The van der Waals surface area contributed by atoms with Crippen molar-refractivity contribution in [3.8, 4) is 5.75 Å². The summed E-state index contributed by atoms with van der Waals surface area (Å²) in [6.07, 6.45) is 0. The van der Waals surface area contributed by atoms with Crippen molar-refractivity contribution in [3.63, 3.8) is 0 Å². The van der Waals surface area contributed by atoms with Crippen LogP contribution in [0, 0.1) is 0 Å². The first-order valence-electron chi connectivity index (χ1n) is 3.99. The van der Waals surface area contributed by atoms with E-state index in [0.29, 0.717) is 5.75 Å². The maximum Gasteiger partial charge on any atom is 0.446 e. The molecule has 0 aliphatic rings. The fourth-order valence-electron chi connectivity index (χ4n) is 0.888. The van der Waals surface area contributed by atoms with Crippen molar-refractivity contribution < 1.29 is 22.6 Å². The van der Waals surface area contributed by atoms with Crippen molar-refractivity contribution in [2.75, 3.05) is 13.9 Å². The normalized spacial score (nSPS) is 11.5. The number of rotatable bonds is 4. The number of alkyl halides is 3. The lowest BCUT2D eigenvalue weighted by Gasteiger charge is -2.08. The number of hydrogen-bond donors (Lipinski definition) is 0. The molecule has 0 heterocycles. The summed E-state index contributed by atoms with van der Waals surface area (Å²) < 4.78 is 45.7. The maximum absolute atomic E-state index is 12.0. The number of halogens is 3. The average molecular weight is 238 g/mol. The zero-order chi connectivity index (χ0) is 11.3. The van der Waals surface area contributed by atoms with Crippen molar-refractivity contribution in [1.29, 1.82) is 0 Å². The topological polar surface area (TPSA) is 18.5 Å². The fourth-order valence-corrected chi connectivity index (χ4v) is 1.48. The van der Waals surface area contributed by atoms with E-state index in [1.165, 1.54) is 25.3 Å². The van der Waals surface area contributed by atoms with Gasteiger partial charge in [0, 0.05) is 12.0 Å². The molecule has 0 fully saturated rings. The number of thioether (sulfide) groups is 1. The SMILES string of the molecule is COCOc1cccc(SC(F)(F)F)c1. The molecule has 1 aromatic carbocycles. The van der Waals surface area contributed by atoms with Gasteiger partial charge < -0.3 is 9.47 Å². The van der Waals surface area contributed by atoms with E-state index in [0.717, 1.165) is 0 Å². The van der Waals surface area contributed by atoms with Gasteiger partial charge in [-0.15, -0.1) is 0 Å². The van der Waals surface area contributed by atoms with Gasteiger partial charge >= 0.3 is 5.51 Å². The number of hydrogen-bond acceptors (Lipinski definition) is 3. The van der Waals surface area contributed by atoms with Gasteiger partial charge in [0.1, 0.15) is 5.75 Å². The molecule has 0 N–H and O–H groups in total. The summed E-state index contributed by atoms with van der Waals surface area (Å²) in [5.74, 6) is 0.353. The molecule has 0 atom stereocenters. The Morgan fingerprint density at radius 3 is 2.67 bits per heavy atom. The molecule has 0 saturated carbocycles. The summed E-state index contributed by atoms with van der Waals surface area (Å²) in [6.45, 7) is 0.0140. The van der Waals surface area contributed by atoms with E-state index < -0.39 is 5.51 Å². The Morgan fingerprint density at radius 1 is 1.33 bits per heavy atom. The number of ether oxygens (including phenoxy) is 2. The number of methoxy groups -OCH3 is 1. The van der Waals surface area contributed by atoms with Crippen LogP contribution < -0.4 is 4.74 Å². The van der Waals surface area contributed by atoms with E-state index >= 15 is 0 Å². The minimum absolute atomic E-state index is 0.0140. The third-order valence-electron chi connectivity index (χ3n) is 1.38. The first kappa shape index (κ1) is 12.2. The van der Waals surface area contributed by atoms with Gasteiger partial charge in [0.25, 0.3) is 0 Å². The third-order valence-corrected chi connectivity index (χ3v) is 2.10. The molecule has 0 saturated heterocycles. The predicted octanol–water partition coefficient (Wildman–Crippen LogP) is 3.28. The van der Waals surface area contributed by atoms with Gasteiger partial charge in [-0.2, -0.15) is 13.2 Å².